The Labute approximate surface area is 348 Å². The topological polar surface area (TPSA) is 8.17 Å². The molecule has 9 aromatic carbocycles. The van der Waals surface area contributed by atoms with Crippen LogP contribution < -0.4 is 4.90 Å². The number of allylic oxidation sites excluding steroid dienone is 3. The lowest BCUT2D eigenvalue weighted by Crippen LogP contribution is -2.11. The van der Waals surface area contributed by atoms with Crippen LogP contribution in [0.25, 0.3) is 71.3 Å². The minimum absolute atomic E-state index is 0.418. The van der Waals surface area contributed by atoms with Gasteiger partial charge in [-0.2, -0.15) is 0 Å². The van der Waals surface area contributed by atoms with Crippen LogP contribution in [0.3, 0.4) is 0 Å². The van der Waals surface area contributed by atoms with Crippen molar-refractivity contribution in [1.82, 2.24) is 4.57 Å². The van der Waals surface area contributed by atoms with Gasteiger partial charge in [-0.15, -0.1) is 11.8 Å². The zero-order valence-electron chi connectivity index (χ0n) is 32.2. The minimum Gasteiger partial charge on any atom is -0.310 e. The molecule has 2 heterocycles. The fourth-order valence-electron chi connectivity index (χ4n) is 9.60. The normalized spacial score (nSPS) is 15.6. The van der Waals surface area contributed by atoms with Gasteiger partial charge in [-0.05, 0) is 111 Å². The highest BCUT2D eigenvalue weighted by atomic mass is 32.2. The Kier molecular flexibility index (Phi) is 7.95. The first kappa shape index (κ1) is 34.0. The van der Waals surface area contributed by atoms with Crippen LogP contribution in [0.2, 0.25) is 0 Å². The molecule has 278 valence electrons. The molecule has 0 amide bonds. The van der Waals surface area contributed by atoms with Crippen molar-refractivity contribution in [2.75, 3.05) is 4.90 Å². The lowest BCUT2D eigenvalue weighted by atomic mass is 9.90. The molecule has 1 aliphatic carbocycles. The zero-order valence-corrected chi connectivity index (χ0v) is 33.1. The highest BCUT2D eigenvalue weighted by Gasteiger charge is 2.32. The lowest BCUT2D eigenvalue weighted by molar-refractivity contribution is 0.883. The summed E-state index contributed by atoms with van der Waals surface area (Å²) in [5.41, 5.74) is 13.3. The van der Waals surface area contributed by atoms with E-state index in [1.54, 1.807) is 0 Å². The van der Waals surface area contributed by atoms with E-state index in [0.29, 0.717) is 11.2 Å². The number of hydrogen-bond donors (Lipinski definition) is 0. The van der Waals surface area contributed by atoms with Crippen LogP contribution in [0.5, 0.6) is 0 Å². The van der Waals surface area contributed by atoms with Crippen LogP contribution in [-0.2, 0) is 0 Å². The highest BCUT2D eigenvalue weighted by molar-refractivity contribution is 8.00. The third-order valence-electron chi connectivity index (χ3n) is 12.3. The maximum atomic E-state index is 2.44. The molecule has 0 fully saturated rings. The molecule has 2 nitrogen and oxygen atoms in total. The molecule has 0 bridgehead atoms. The predicted octanol–water partition coefficient (Wildman–Crippen LogP) is 15.6. The molecule has 3 heteroatoms. The Balaban J connectivity index is 1.01. The van der Waals surface area contributed by atoms with E-state index in [-0.39, 0.29) is 0 Å². The van der Waals surface area contributed by atoms with Crippen molar-refractivity contribution in [3.05, 3.63) is 224 Å². The maximum absolute atomic E-state index is 2.44. The van der Waals surface area contributed by atoms with E-state index < -0.39 is 0 Å². The van der Waals surface area contributed by atoms with Crippen LogP contribution in [0.15, 0.2) is 223 Å². The molecule has 2 unspecified atom stereocenters. The molecule has 0 saturated carbocycles. The average molecular weight is 771 g/mol. The molecule has 2 aliphatic rings. The van der Waals surface area contributed by atoms with Crippen molar-refractivity contribution in [3.8, 4) is 27.9 Å². The second-order valence-corrected chi connectivity index (χ2v) is 16.8. The number of aromatic nitrogens is 1. The van der Waals surface area contributed by atoms with E-state index in [1.165, 1.54) is 81.8 Å². The Morgan fingerprint density at radius 1 is 0.458 bits per heavy atom. The number of anilines is 3. The predicted molar refractivity (Wildman–Crippen MR) is 252 cm³/mol. The number of benzene rings is 9. The molecular formula is C56H38N2S. The smallest absolute Gasteiger partial charge is 0.0541 e. The molecule has 0 spiro atoms. The van der Waals surface area contributed by atoms with Gasteiger partial charge in [0.2, 0.25) is 0 Å². The Morgan fingerprint density at radius 3 is 1.76 bits per heavy atom. The summed E-state index contributed by atoms with van der Waals surface area (Å²) >= 11 is 1.99. The summed E-state index contributed by atoms with van der Waals surface area (Å²) in [6.45, 7) is 0. The summed E-state index contributed by atoms with van der Waals surface area (Å²) < 4.78 is 2.39. The van der Waals surface area contributed by atoms with E-state index in [2.05, 4.69) is 228 Å². The number of thioether (sulfide) groups is 1. The van der Waals surface area contributed by atoms with E-state index >= 15 is 0 Å². The van der Waals surface area contributed by atoms with E-state index in [0.717, 1.165) is 17.1 Å². The van der Waals surface area contributed by atoms with Gasteiger partial charge in [0.1, 0.15) is 0 Å². The standard InChI is InChI=1S/C56H38N2S/c1-2-13-37(14-3-1)44-21-10-15-39-16-11-22-45(56(39)44)38-27-29-41(30-28-38)57(53-25-12-17-40-35-50-48-20-6-9-26-54(48)59-55(50)36-49(40)53)42-31-33-43(34-32-42)58-51-23-7-4-18-46(51)47-19-5-8-24-52(47)58/h1-36,48,54H. The number of nitrogens with zero attached hydrogens (tertiary/aromatic N) is 2. The number of fused-ring (bicyclic) bond motifs is 8. The van der Waals surface area contributed by atoms with Gasteiger partial charge in [0.25, 0.3) is 0 Å². The van der Waals surface area contributed by atoms with Gasteiger partial charge in [-0.25, -0.2) is 0 Å². The van der Waals surface area contributed by atoms with Gasteiger partial charge in [0, 0.05) is 49.3 Å². The second kappa shape index (κ2) is 13.8. The molecule has 1 aliphatic heterocycles. The van der Waals surface area contributed by atoms with Crippen molar-refractivity contribution >= 4 is 72.2 Å². The van der Waals surface area contributed by atoms with Gasteiger partial charge < -0.3 is 9.47 Å². The van der Waals surface area contributed by atoms with Gasteiger partial charge >= 0.3 is 0 Å². The molecule has 1 aromatic heterocycles. The molecule has 0 saturated heterocycles. The Hall–Kier alpha value is -7.07. The largest absolute Gasteiger partial charge is 0.310 e. The molecule has 0 radical (unpaired) electrons. The lowest BCUT2D eigenvalue weighted by Gasteiger charge is -2.28. The van der Waals surface area contributed by atoms with E-state index in [1.807, 2.05) is 11.8 Å². The summed E-state index contributed by atoms with van der Waals surface area (Å²) in [5.74, 6) is 0.418. The highest BCUT2D eigenvalue weighted by Crippen LogP contribution is 2.51. The third-order valence-corrected chi connectivity index (χ3v) is 13.6. The van der Waals surface area contributed by atoms with Crippen molar-refractivity contribution in [1.29, 1.82) is 0 Å². The summed E-state index contributed by atoms with van der Waals surface area (Å²) in [6.07, 6.45) is 9.11. The number of rotatable bonds is 6. The first-order valence-corrected chi connectivity index (χ1v) is 21.3. The fraction of sp³-hybridized carbons (Fsp3) is 0.0357. The quantitative estimate of drug-likeness (QED) is 0.166. The van der Waals surface area contributed by atoms with Crippen LogP contribution in [0.1, 0.15) is 11.5 Å². The summed E-state index contributed by atoms with van der Waals surface area (Å²) in [7, 11) is 0. The second-order valence-electron chi connectivity index (χ2n) is 15.6. The fourth-order valence-corrected chi connectivity index (χ4v) is 11.0. The zero-order chi connectivity index (χ0) is 38.9. The maximum Gasteiger partial charge on any atom is 0.0541 e. The van der Waals surface area contributed by atoms with E-state index in [4.69, 9.17) is 0 Å². The SMILES string of the molecule is C1=CC2Sc3cc4c(N(c5ccc(-c6cccc7cccc(-c8ccccc8)c67)cc5)c5ccc(-n6c7ccccc7c7ccccc76)cc5)cccc4cc3C2C=C1. The van der Waals surface area contributed by atoms with Crippen LogP contribution >= 0.6 is 11.8 Å². The third kappa shape index (κ3) is 5.57. The van der Waals surface area contributed by atoms with Crippen LogP contribution in [0, 0.1) is 0 Å². The van der Waals surface area contributed by atoms with Crippen molar-refractivity contribution in [2.45, 2.75) is 16.1 Å². The molecule has 59 heavy (non-hydrogen) atoms. The van der Waals surface area contributed by atoms with E-state index in [9.17, 15) is 0 Å². The summed E-state index contributed by atoms with van der Waals surface area (Å²) in [4.78, 5) is 3.82. The van der Waals surface area contributed by atoms with Gasteiger partial charge in [-0.3, -0.25) is 0 Å². The molecule has 10 aromatic rings. The molecular weight excluding hydrogens is 733 g/mol. The van der Waals surface area contributed by atoms with Gasteiger partial charge in [0.05, 0.1) is 16.7 Å². The molecule has 2 atom stereocenters. The van der Waals surface area contributed by atoms with Crippen molar-refractivity contribution < 1.29 is 0 Å². The Morgan fingerprint density at radius 2 is 1.05 bits per heavy atom. The Bertz CT molecular complexity index is 3240. The van der Waals surface area contributed by atoms with Crippen molar-refractivity contribution in [3.63, 3.8) is 0 Å². The molecule has 12 rings (SSSR count). The number of hydrogen-bond acceptors (Lipinski definition) is 2. The first-order valence-electron chi connectivity index (χ1n) is 20.4. The van der Waals surface area contributed by atoms with Crippen molar-refractivity contribution in [2.24, 2.45) is 0 Å². The molecule has 0 N–H and O–H groups in total. The van der Waals surface area contributed by atoms with Gasteiger partial charge in [0.15, 0.2) is 0 Å². The first-order chi connectivity index (χ1) is 29.3. The monoisotopic (exact) mass is 770 g/mol. The van der Waals surface area contributed by atoms with Crippen LogP contribution in [-0.4, -0.2) is 9.82 Å². The minimum atomic E-state index is 0.418. The van der Waals surface area contributed by atoms with Gasteiger partial charge in [-0.1, -0.05) is 152 Å². The number of para-hydroxylation sites is 2. The summed E-state index contributed by atoms with van der Waals surface area (Å²) in [5, 5.41) is 8.01. The average Bonchev–Trinajstić information content (AvgIpc) is 3.84. The summed E-state index contributed by atoms with van der Waals surface area (Å²) in [6, 6.07) is 71.5. The van der Waals surface area contributed by atoms with Crippen LogP contribution in [0.4, 0.5) is 17.1 Å².